The summed E-state index contributed by atoms with van der Waals surface area (Å²) in [5.74, 6) is 1.35. The highest BCUT2D eigenvalue weighted by molar-refractivity contribution is 7.17. The molecule has 0 aliphatic carbocycles. The monoisotopic (exact) mass is 236 g/mol. The van der Waals surface area contributed by atoms with Crippen molar-refractivity contribution in [2.45, 2.75) is 19.9 Å². The summed E-state index contributed by atoms with van der Waals surface area (Å²) in [7, 11) is 0. The Kier molecular flexibility index (Phi) is 3.36. The predicted octanol–water partition coefficient (Wildman–Crippen LogP) is 2.09. The number of nitrogens with zero attached hydrogens (tertiary/aromatic N) is 2. The van der Waals surface area contributed by atoms with E-state index in [1.54, 1.807) is 17.7 Å². The molecule has 0 radical (unpaired) electrons. The first-order chi connectivity index (χ1) is 7.68. The first kappa shape index (κ1) is 11.3. The van der Waals surface area contributed by atoms with Crippen LogP contribution in [-0.4, -0.2) is 22.6 Å². The Bertz CT molecular complexity index is 466. The maximum Gasteiger partial charge on any atom is 0.147 e. The van der Waals surface area contributed by atoms with Crippen LogP contribution in [0.3, 0.4) is 0 Å². The maximum absolute atomic E-state index is 5.98. The van der Waals surface area contributed by atoms with E-state index in [2.05, 4.69) is 29.1 Å². The standard InChI is InChI=1S/C11H16N4S/c1-7(2)8(12)5-13-11-10-9(3-4-16-10)14-6-15-11/h3-4,6-8H,5,12H2,1-2H3,(H,13,14,15). The van der Waals surface area contributed by atoms with Crippen molar-refractivity contribution in [2.75, 3.05) is 11.9 Å². The Morgan fingerprint density at radius 3 is 3.00 bits per heavy atom. The molecule has 2 heterocycles. The third kappa shape index (κ3) is 2.31. The smallest absolute Gasteiger partial charge is 0.147 e. The lowest BCUT2D eigenvalue weighted by atomic mass is 10.1. The highest BCUT2D eigenvalue weighted by atomic mass is 32.1. The number of rotatable bonds is 4. The largest absolute Gasteiger partial charge is 0.367 e. The summed E-state index contributed by atoms with van der Waals surface area (Å²) in [5.41, 5.74) is 6.97. The minimum absolute atomic E-state index is 0.143. The molecule has 0 aliphatic heterocycles. The minimum Gasteiger partial charge on any atom is -0.367 e. The lowest BCUT2D eigenvalue weighted by Gasteiger charge is -2.16. The summed E-state index contributed by atoms with van der Waals surface area (Å²) in [6.45, 7) is 4.97. The molecule has 0 aliphatic rings. The highest BCUT2D eigenvalue weighted by Crippen LogP contribution is 2.24. The number of hydrogen-bond acceptors (Lipinski definition) is 5. The molecule has 0 aromatic carbocycles. The summed E-state index contributed by atoms with van der Waals surface area (Å²) in [5, 5.41) is 5.31. The lowest BCUT2D eigenvalue weighted by Crippen LogP contribution is -2.34. The van der Waals surface area contributed by atoms with Crippen molar-refractivity contribution in [3.05, 3.63) is 17.8 Å². The molecule has 0 spiro atoms. The summed E-state index contributed by atoms with van der Waals surface area (Å²) >= 11 is 1.65. The zero-order valence-corrected chi connectivity index (χ0v) is 10.3. The van der Waals surface area contributed by atoms with Gasteiger partial charge in [0.25, 0.3) is 0 Å². The van der Waals surface area contributed by atoms with Gasteiger partial charge < -0.3 is 11.1 Å². The second kappa shape index (κ2) is 4.76. The van der Waals surface area contributed by atoms with Crippen molar-refractivity contribution < 1.29 is 0 Å². The molecule has 2 rings (SSSR count). The zero-order chi connectivity index (χ0) is 11.5. The normalized spacial score (nSPS) is 13.2. The summed E-state index contributed by atoms with van der Waals surface area (Å²) < 4.78 is 1.10. The Hall–Kier alpha value is -1.20. The lowest BCUT2D eigenvalue weighted by molar-refractivity contribution is 0.511. The highest BCUT2D eigenvalue weighted by Gasteiger charge is 2.09. The second-order valence-corrected chi connectivity index (χ2v) is 5.06. The first-order valence-corrected chi connectivity index (χ1v) is 6.24. The van der Waals surface area contributed by atoms with Gasteiger partial charge in [-0.2, -0.15) is 0 Å². The van der Waals surface area contributed by atoms with Gasteiger partial charge in [-0.3, -0.25) is 0 Å². The van der Waals surface area contributed by atoms with Gasteiger partial charge in [0.15, 0.2) is 0 Å². The Morgan fingerprint density at radius 2 is 2.25 bits per heavy atom. The molecule has 2 aromatic rings. The van der Waals surface area contributed by atoms with Crippen molar-refractivity contribution in [1.82, 2.24) is 9.97 Å². The van der Waals surface area contributed by atoms with Crippen LogP contribution >= 0.6 is 11.3 Å². The molecule has 2 aromatic heterocycles. The predicted molar refractivity (Wildman–Crippen MR) is 68.7 cm³/mol. The van der Waals surface area contributed by atoms with Crippen LogP contribution in [-0.2, 0) is 0 Å². The van der Waals surface area contributed by atoms with Crippen molar-refractivity contribution in [2.24, 2.45) is 11.7 Å². The number of nitrogens with one attached hydrogen (secondary N) is 1. The zero-order valence-electron chi connectivity index (χ0n) is 9.47. The number of thiophene rings is 1. The van der Waals surface area contributed by atoms with Crippen molar-refractivity contribution in [3.8, 4) is 0 Å². The van der Waals surface area contributed by atoms with Gasteiger partial charge in [-0.05, 0) is 17.4 Å². The molecule has 16 heavy (non-hydrogen) atoms. The molecular formula is C11H16N4S. The Labute approximate surface area is 98.9 Å². The molecule has 5 heteroatoms. The van der Waals surface area contributed by atoms with Gasteiger partial charge >= 0.3 is 0 Å². The van der Waals surface area contributed by atoms with Crippen LogP contribution in [0.2, 0.25) is 0 Å². The number of nitrogens with two attached hydrogens (primary N) is 1. The number of aromatic nitrogens is 2. The molecule has 1 atom stereocenters. The Morgan fingerprint density at radius 1 is 1.44 bits per heavy atom. The second-order valence-electron chi connectivity index (χ2n) is 4.15. The topological polar surface area (TPSA) is 63.8 Å². The van der Waals surface area contributed by atoms with Crippen LogP contribution in [0.4, 0.5) is 5.82 Å². The summed E-state index contributed by atoms with van der Waals surface area (Å²) in [6.07, 6.45) is 1.58. The van der Waals surface area contributed by atoms with Crippen LogP contribution in [0.15, 0.2) is 17.8 Å². The van der Waals surface area contributed by atoms with E-state index < -0.39 is 0 Å². The van der Waals surface area contributed by atoms with Crippen molar-refractivity contribution in [1.29, 1.82) is 0 Å². The molecule has 1 unspecified atom stereocenters. The molecule has 0 saturated heterocycles. The van der Waals surface area contributed by atoms with Crippen LogP contribution in [0.1, 0.15) is 13.8 Å². The van der Waals surface area contributed by atoms with Gasteiger partial charge in [0.1, 0.15) is 12.1 Å². The number of hydrogen-bond donors (Lipinski definition) is 2. The average molecular weight is 236 g/mol. The molecule has 0 saturated carbocycles. The molecule has 86 valence electrons. The maximum atomic E-state index is 5.98. The summed E-state index contributed by atoms with van der Waals surface area (Å²) in [4.78, 5) is 8.44. The van der Waals surface area contributed by atoms with E-state index in [1.165, 1.54) is 0 Å². The van der Waals surface area contributed by atoms with Crippen LogP contribution in [0.5, 0.6) is 0 Å². The summed E-state index contributed by atoms with van der Waals surface area (Å²) in [6, 6.07) is 2.14. The van der Waals surface area contributed by atoms with Gasteiger partial charge in [0.05, 0.1) is 10.2 Å². The number of anilines is 1. The number of fused-ring (bicyclic) bond motifs is 1. The van der Waals surface area contributed by atoms with E-state index in [4.69, 9.17) is 5.73 Å². The van der Waals surface area contributed by atoms with E-state index in [0.29, 0.717) is 5.92 Å². The van der Waals surface area contributed by atoms with E-state index in [1.807, 2.05) is 11.4 Å². The SMILES string of the molecule is CC(C)C(N)CNc1ncnc2ccsc12. The van der Waals surface area contributed by atoms with Gasteiger partial charge in [-0.15, -0.1) is 11.3 Å². The molecule has 4 nitrogen and oxygen atoms in total. The third-order valence-corrected chi connectivity index (χ3v) is 3.52. The van der Waals surface area contributed by atoms with Crippen molar-refractivity contribution in [3.63, 3.8) is 0 Å². The molecule has 0 fully saturated rings. The fourth-order valence-corrected chi connectivity index (χ4v) is 2.18. The molecule has 3 N–H and O–H groups in total. The van der Waals surface area contributed by atoms with E-state index in [9.17, 15) is 0 Å². The van der Waals surface area contributed by atoms with Crippen molar-refractivity contribution >= 4 is 27.4 Å². The molecular weight excluding hydrogens is 220 g/mol. The average Bonchev–Trinajstić information content (AvgIpc) is 2.73. The van der Waals surface area contributed by atoms with Crippen LogP contribution < -0.4 is 11.1 Å². The van der Waals surface area contributed by atoms with Gasteiger partial charge in [-0.1, -0.05) is 13.8 Å². The first-order valence-electron chi connectivity index (χ1n) is 5.36. The van der Waals surface area contributed by atoms with Gasteiger partial charge in [0.2, 0.25) is 0 Å². The van der Waals surface area contributed by atoms with E-state index >= 15 is 0 Å². The third-order valence-electron chi connectivity index (χ3n) is 2.60. The van der Waals surface area contributed by atoms with E-state index in [0.717, 1.165) is 22.6 Å². The van der Waals surface area contributed by atoms with E-state index in [-0.39, 0.29) is 6.04 Å². The van der Waals surface area contributed by atoms with Crippen LogP contribution in [0.25, 0.3) is 10.2 Å². The molecule has 0 bridgehead atoms. The minimum atomic E-state index is 0.143. The van der Waals surface area contributed by atoms with Gasteiger partial charge in [-0.25, -0.2) is 9.97 Å². The van der Waals surface area contributed by atoms with Crippen LogP contribution in [0, 0.1) is 5.92 Å². The molecule has 0 amide bonds. The van der Waals surface area contributed by atoms with Gasteiger partial charge in [0, 0.05) is 12.6 Å². The quantitative estimate of drug-likeness (QED) is 0.853. The fraction of sp³-hybridized carbons (Fsp3) is 0.455. The Balaban J connectivity index is 2.12. The fourth-order valence-electron chi connectivity index (χ4n) is 1.36.